The van der Waals surface area contributed by atoms with Crippen LogP contribution in [-0.4, -0.2) is 47.9 Å². The van der Waals surface area contributed by atoms with E-state index in [1.165, 1.54) is 24.2 Å². The summed E-state index contributed by atoms with van der Waals surface area (Å²) in [5, 5.41) is 5.75. The Morgan fingerprint density at radius 2 is 2.16 bits per heavy atom. The number of rotatable bonds is 6. The standard InChI is InChI=1S/C18H28BrN3O2S/c1-12-6-5-9-22(10-12)18(3,4)11-20-16(23)13(2)21-17(24)14-7-8-15(19)25-14/h7-8,12-13H,5-6,9-11H2,1-4H3,(H,20,23)(H,21,24). The van der Waals surface area contributed by atoms with E-state index < -0.39 is 6.04 Å². The summed E-state index contributed by atoms with van der Waals surface area (Å²) in [5.74, 6) is 0.330. The molecule has 1 saturated heterocycles. The lowest BCUT2D eigenvalue weighted by atomic mass is 9.93. The predicted molar refractivity (Wildman–Crippen MR) is 106 cm³/mol. The fourth-order valence-electron chi connectivity index (χ4n) is 3.08. The molecule has 1 aliphatic rings. The van der Waals surface area contributed by atoms with Crippen molar-refractivity contribution in [2.24, 2.45) is 5.92 Å². The minimum absolute atomic E-state index is 0.0906. The average Bonchev–Trinajstić information content (AvgIpc) is 2.99. The van der Waals surface area contributed by atoms with Crippen molar-refractivity contribution in [3.05, 3.63) is 20.8 Å². The van der Waals surface area contributed by atoms with Crippen LogP contribution in [0.15, 0.2) is 15.9 Å². The Morgan fingerprint density at radius 1 is 1.44 bits per heavy atom. The summed E-state index contributed by atoms with van der Waals surface area (Å²) in [6, 6.07) is 3.01. The van der Waals surface area contributed by atoms with Crippen LogP contribution in [0.1, 0.15) is 50.2 Å². The van der Waals surface area contributed by atoms with Gasteiger partial charge in [-0.05, 0) is 74.1 Å². The summed E-state index contributed by atoms with van der Waals surface area (Å²) in [6.45, 7) is 11.0. The molecule has 2 N–H and O–H groups in total. The van der Waals surface area contributed by atoms with Crippen molar-refractivity contribution in [3.63, 3.8) is 0 Å². The molecule has 0 saturated carbocycles. The number of hydrogen-bond acceptors (Lipinski definition) is 4. The van der Waals surface area contributed by atoms with Crippen LogP contribution in [-0.2, 0) is 4.79 Å². The van der Waals surface area contributed by atoms with Gasteiger partial charge in [0.1, 0.15) is 6.04 Å². The molecule has 25 heavy (non-hydrogen) atoms. The van der Waals surface area contributed by atoms with E-state index >= 15 is 0 Å². The van der Waals surface area contributed by atoms with Crippen LogP contribution in [0.4, 0.5) is 0 Å². The predicted octanol–water partition coefficient (Wildman–Crippen LogP) is 3.26. The zero-order chi connectivity index (χ0) is 18.6. The Bertz CT molecular complexity index is 617. The lowest BCUT2D eigenvalue weighted by molar-refractivity contribution is -0.123. The number of amides is 2. The van der Waals surface area contributed by atoms with Gasteiger partial charge < -0.3 is 10.6 Å². The average molecular weight is 430 g/mol. The molecule has 2 unspecified atom stereocenters. The van der Waals surface area contributed by atoms with E-state index in [0.717, 1.165) is 16.9 Å². The highest BCUT2D eigenvalue weighted by molar-refractivity contribution is 9.11. The van der Waals surface area contributed by atoms with E-state index in [1.54, 1.807) is 13.0 Å². The second kappa shape index (κ2) is 8.64. The van der Waals surface area contributed by atoms with Crippen LogP contribution >= 0.6 is 27.3 Å². The number of hydrogen-bond donors (Lipinski definition) is 2. The Hall–Kier alpha value is -0.920. The molecule has 2 amide bonds. The highest BCUT2D eigenvalue weighted by Crippen LogP contribution is 2.23. The summed E-state index contributed by atoms with van der Waals surface area (Å²) in [7, 11) is 0. The van der Waals surface area contributed by atoms with Gasteiger partial charge in [0, 0.05) is 18.6 Å². The number of halogens is 1. The first-order chi connectivity index (χ1) is 11.7. The van der Waals surface area contributed by atoms with Crippen molar-refractivity contribution in [2.45, 2.75) is 52.1 Å². The first-order valence-electron chi connectivity index (χ1n) is 8.78. The number of carbonyl (C=O) groups excluding carboxylic acids is 2. The fraction of sp³-hybridized carbons (Fsp3) is 0.667. The van der Waals surface area contributed by atoms with Crippen molar-refractivity contribution in [2.75, 3.05) is 19.6 Å². The van der Waals surface area contributed by atoms with E-state index in [2.05, 4.69) is 52.2 Å². The molecular weight excluding hydrogens is 402 g/mol. The zero-order valence-corrected chi connectivity index (χ0v) is 17.8. The molecule has 0 bridgehead atoms. The Balaban J connectivity index is 1.83. The lowest BCUT2D eigenvalue weighted by Gasteiger charge is -2.43. The van der Waals surface area contributed by atoms with E-state index in [0.29, 0.717) is 17.3 Å². The van der Waals surface area contributed by atoms with E-state index in [1.807, 2.05) is 6.07 Å². The SMILES string of the molecule is CC1CCCN(C(C)(C)CNC(=O)C(C)NC(=O)c2ccc(Br)s2)C1. The van der Waals surface area contributed by atoms with Gasteiger partial charge in [0.15, 0.2) is 0 Å². The first-order valence-corrected chi connectivity index (χ1v) is 10.4. The van der Waals surface area contributed by atoms with Crippen LogP contribution in [0.5, 0.6) is 0 Å². The molecule has 0 spiro atoms. The smallest absolute Gasteiger partial charge is 0.262 e. The van der Waals surface area contributed by atoms with E-state index in [-0.39, 0.29) is 17.4 Å². The van der Waals surface area contributed by atoms with Crippen molar-refractivity contribution >= 4 is 39.1 Å². The molecule has 140 valence electrons. The Morgan fingerprint density at radius 3 is 2.76 bits per heavy atom. The van der Waals surface area contributed by atoms with Crippen LogP contribution < -0.4 is 10.6 Å². The molecule has 0 aromatic carbocycles. The summed E-state index contributed by atoms with van der Waals surface area (Å²) < 4.78 is 0.896. The summed E-state index contributed by atoms with van der Waals surface area (Å²) >= 11 is 4.69. The highest BCUT2D eigenvalue weighted by Gasteiger charge is 2.31. The molecule has 1 aromatic heterocycles. The van der Waals surface area contributed by atoms with Gasteiger partial charge >= 0.3 is 0 Å². The van der Waals surface area contributed by atoms with E-state index in [4.69, 9.17) is 0 Å². The van der Waals surface area contributed by atoms with Gasteiger partial charge in [-0.1, -0.05) is 6.92 Å². The molecule has 2 rings (SSSR count). The molecule has 2 atom stereocenters. The highest BCUT2D eigenvalue weighted by atomic mass is 79.9. The molecule has 0 radical (unpaired) electrons. The van der Waals surface area contributed by atoms with Gasteiger partial charge in [0.2, 0.25) is 5.91 Å². The topological polar surface area (TPSA) is 61.4 Å². The fourth-order valence-corrected chi connectivity index (χ4v) is 4.37. The molecule has 0 aliphatic carbocycles. The Labute approximate surface area is 162 Å². The van der Waals surface area contributed by atoms with Crippen molar-refractivity contribution in [1.29, 1.82) is 0 Å². The van der Waals surface area contributed by atoms with Gasteiger partial charge in [-0.15, -0.1) is 11.3 Å². The van der Waals surface area contributed by atoms with Crippen LogP contribution in [0.25, 0.3) is 0 Å². The van der Waals surface area contributed by atoms with Gasteiger partial charge in [0.25, 0.3) is 5.91 Å². The van der Waals surface area contributed by atoms with E-state index in [9.17, 15) is 9.59 Å². The molecule has 7 heteroatoms. The maximum absolute atomic E-state index is 12.4. The number of likely N-dealkylation sites (tertiary alicyclic amines) is 1. The molecule has 1 aliphatic heterocycles. The van der Waals surface area contributed by atoms with Crippen molar-refractivity contribution < 1.29 is 9.59 Å². The van der Waals surface area contributed by atoms with Crippen molar-refractivity contribution in [3.8, 4) is 0 Å². The summed E-state index contributed by atoms with van der Waals surface area (Å²) in [5.41, 5.74) is -0.0906. The van der Waals surface area contributed by atoms with Crippen LogP contribution in [0, 0.1) is 5.92 Å². The van der Waals surface area contributed by atoms with Gasteiger partial charge in [-0.2, -0.15) is 0 Å². The van der Waals surface area contributed by atoms with Gasteiger partial charge in [0.05, 0.1) is 8.66 Å². The van der Waals surface area contributed by atoms with Crippen LogP contribution in [0.2, 0.25) is 0 Å². The third-order valence-electron chi connectivity index (χ3n) is 4.75. The number of nitrogens with one attached hydrogen (secondary N) is 2. The molecule has 5 nitrogen and oxygen atoms in total. The second-order valence-electron chi connectivity index (χ2n) is 7.52. The largest absolute Gasteiger partial charge is 0.352 e. The quantitative estimate of drug-likeness (QED) is 0.729. The molecular formula is C18H28BrN3O2S. The minimum Gasteiger partial charge on any atom is -0.352 e. The molecule has 1 aromatic rings. The number of piperidine rings is 1. The second-order valence-corrected chi connectivity index (χ2v) is 9.99. The van der Waals surface area contributed by atoms with Crippen molar-refractivity contribution in [1.82, 2.24) is 15.5 Å². The van der Waals surface area contributed by atoms with Crippen LogP contribution in [0.3, 0.4) is 0 Å². The third-order valence-corrected chi connectivity index (χ3v) is 6.37. The maximum Gasteiger partial charge on any atom is 0.262 e. The maximum atomic E-state index is 12.4. The number of nitrogens with zero attached hydrogens (tertiary/aromatic N) is 1. The number of carbonyl (C=O) groups is 2. The first kappa shape index (κ1) is 20.4. The summed E-state index contributed by atoms with van der Waals surface area (Å²) in [6.07, 6.45) is 2.49. The monoisotopic (exact) mass is 429 g/mol. The molecule has 1 fully saturated rings. The van der Waals surface area contributed by atoms with Gasteiger partial charge in [-0.25, -0.2) is 0 Å². The zero-order valence-electron chi connectivity index (χ0n) is 15.4. The summed E-state index contributed by atoms with van der Waals surface area (Å²) in [4.78, 5) is 27.6. The van der Waals surface area contributed by atoms with Gasteiger partial charge in [-0.3, -0.25) is 14.5 Å². The Kier molecular flexibility index (Phi) is 7.05. The normalized spacial score (nSPS) is 20.1. The lowest BCUT2D eigenvalue weighted by Crippen LogP contribution is -2.56. The minimum atomic E-state index is -0.565. The number of thiophene rings is 1. The molecule has 2 heterocycles. The third kappa shape index (κ3) is 5.79.